The quantitative estimate of drug-likeness (QED) is 0.161. The fourth-order valence-corrected chi connectivity index (χ4v) is 3.98. The smallest absolute Gasteiger partial charge is 0.337 e. The molecule has 0 aliphatic carbocycles. The summed E-state index contributed by atoms with van der Waals surface area (Å²) < 4.78 is 63.5. The molecule has 7 nitrogen and oxygen atoms in total. The lowest BCUT2D eigenvalue weighted by molar-refractivity contribution is -0.118. The van der Waals surface area contributed by atoms with Gasteiger partial charge >= 0.3 is 11.9 Å². The molecule has 0 unspecified atom stereocenters. The summed E-state index contributed by atoms with van der Waals surface area (Å²) in [5.74, 6) is -3.50. The molecule has 44 heavy (non-hydrogen) atoms. The molecule has 1 amide bonds. The average molecular weight is 611 g/mol. The Kier molecular flexibility index (Phi) is 12.0. The van der Waals surface area contributed by atoms with Gasteiger partial charge in [0.05, 0.1) is 31.9 Å². The van der Waals surface area contributed by atoms with Crippen molar-refractivity contribution in [3.63, 3.8) is 0 Å². The Morgan fingerprint density at radius 1 is 0.705 bits per heavy atom. The first-order valence-corrected chi connectivity index (χ1v) is 13.3. The zero-order valence-electron chi connectivity index (χ0n) is 24.2. The van der Waals surface area contributed by atoms with Crippen molar-refractivity contribution in [3.05, 3.63) is 130 Å². The van der Waals surface area contributed by atoms with Gasteiger partial charge in [-0.25, -0.2) is 27.2 Å². The van der Waals surface area contributed by atoms with Gasteiger partial charge in [0, 0.05) is 35.5 Å². The number of nitrogens with zero attached hydrogens (tertiary/aromatic N) is 1. The fourth-order valence-electron chi connectivity index (χ4n) is 3.98. The van der Waals surface area contributed by atoms with Crippen LogP contribution in [0.3, 0.4) is 0 Å². The number of benzene rings is 4. The number of carbonyl (C=O) groups excluding carboxylic acids is 3. The van der Waals surface area contributed by atoms with Crippen LogP contribution in [-0.2, 0) is 27.4 Å². The standard InChI is InChI=1S/C18H17F2NO3.C15H13F2NO2/c1-3-17(22)21(15-6-4-5-14(19)10-15)11-13-8-7-12(9-16(13)20)18(23)24-2;1-20-15(19)10-5-6-11(14(17)7-10)9-18-13-4-2-3-12(16)8-13/h4-10H,3,11H2,1-2H3;2-8,18H,9H2,1H3. The first-order valence-electron chi connectivity index (χ1n) is 13.3. The van der Waals surface area contributed by atoms with E-state index in [0.29, 0.717) is 16.9 Å². The van der Waals surface area contributed by atoms with Crippen molar-refractivity contribution in [2.24, 2.45) is 0 Å². The Balaban J connectivity index is 0.000000244. The zero-order chi connectivity index (χ0) is 32.2. The minimum Gasteiger partial charge on any atom is -0.465 e. The summed E-state index contributed by atoms with van der Waals surface area (Å²) in [5, 5.41) is 2.91. The molecular formula is C33H30F4N2O5. The minimum atomic E-state index is -0.646. The maximum atomic E-state index is 14.2. The van der Waals surface area contributed by atoms with Gasteiger partial charge in [0.15, 0.2) is 0 Å². The van der Waals surface area contributed by atoms with Gasteiger partial charge in [-0.15, -0.1) is 0 Å². The largest absolute Gasteiger partial charge is 0.465 e. The van der Waals surface area contributed by atoms with E-state index in [1.54, 1.807) is 25.1 Å². The van der Waals surface area contributed by atoms with Crippen molar-refractivity contribution < 1.29 is 41.4 Å². The molecule has 4 aromatic carbocycles. The van der Waals surface area contributed by atoms with Gasteiger partial charge in [-0.1, -0.05) is 31.2 Å². The van der Waals surface area contributed by atoms with Crippen LogP contribution in [0.1, 0.15) is 45.2 Å². The maximum Gasteiger partial charge on any atom is 0.337 e. The number of anilines is 2. The monoisotopic (exact) mass is 610 g/mol. The first kappa shape index (κ1) is 33.3. The molecule has 0 aromatic heterocycles. The predicted octanol–water partition coefficient (Wildman–Crippen LogP) is 7.06. The van der Waals surface area contributed by atoms with Gasteiger partial charge in [0.2, 0.25) is 5.91 Å². The van der Waals surface area contributed by atoms with Crippen molar-refractivity contribution in [3.8, 4) is 0 Å². The molecule has 0 aliphatic heterocycles. The molecule has 1 N–H and O–H groups in total. The van der Waals surface area contributed by atoms with E-state index < -0.39 is 29.4 Å². The van der Waals surface area contributed by atoms with Crippen molar-refractivity contribution in [2.75, 3.05) is 24.4 Å². The fraction of sp³-hybridized carbons (Fsp3) is 0.182. The molecule has 0 spiro atoms. The van der Waals surface area contributed by atoms with E-state index in [9.17, 15) is 31.9 Å². The highest BCUT2D eigenvalue weighted by Gasteiger charge is 2.18. The number of nitrogens with one attached hydrogen (secondary N) is 1. The predicted molar refractivity (Wildman–Crippen MR) is 157 cm³/mol. The zero-order valence-corrected chi connectivity index (χ0v) is 24.2. The maximum absolute atomic E-state index is 14.2. The van der Waals surface area contributed by atoms with Gasteiger partial charge < -0.3 is 19.7 Å². The van der Waals surface area contributed by atoms with Gasteiger partial charge in [0.1, 0.15) is 23.3 Å². The Morgan fingerprint density at radius 3 is 1.75 bits per heavy atom. The molecule has 4 rings (SSSR count). The van der Waals surface area contributed by atoms with Crippen molar-refractivity contribution in [1.29, 1.82) is 0 Å². The van der Waals surface area contributed by atoms with Crippen LogP contribution in [0.5, 0.6) is 0 Å². The van der Waals surface area contributed by atoms with E-state index in [1.165, 1.54) is 73.7 Å². The summed E-state index contributed by atoms with van der Waals surface area (Å²) in [7, 11) is 2.44. The summed E-state index contributed by atoms with van der Waals surface area (Å²) in [4.78, 5) is 36.1. The van der Waals surface area contributed by atoms with E-state index in [2.05, 4.69) is 14.8 Å². The summed E-state index contributed by atoms with van der Waals surface area (Å²) in [6.45, 7) is 1.80. The van der Waals surface area contributed by atoms with Crippen LogP contribution in [0, 0.1) is 23.3 Å². The Morgan fingerprint density at radius 2 is 1.25 bits per heavy atom. The summed E-state index contributed by atoms with van der Waals surface area (Å²) >= 11 is 0. The highest BCUT2D eigenvalue weighted by Crippen LogP contribution is 2.22. The van der Waals surface area contributed by atoms with E-state index in [1.807, 2.05) is 0 Å². The molecule has 0 saturated carbocycles. The van der Waals surface area contributed by atoms with Crippen molar-refractivity contribution in [1.82, 2.24) is 0 Å². The number of esters is 2. The number of amides is 1. The van der Waals surface area contributed by atoms with Crippen LogP contribution in [0.2, 0.25) is 0 Å². The molecule has 0 heterocycles. The molecule has 230 valence electrons. The Bertz CT molecular complexity index is 1630. The van der Waals surface area contributed by atoms with Crippen molar-refractivity contribution >= 4 is 29.2 Å². The first-order chi connectivity index (χ1) is 21.1. The molecule has 4 aromatic rings. The van der Waals surface area contributed by atoms with Crippen LogP contribution in [-0.4, -0.2) is 32.1 Å². The van der Waals surface area contributed by atoms with Crippen LogP contribution in [0.15, 0.2) is 84.9 Å². The second-order valence-electron chi connectivity index (χ2n) is 9.27. The Labute approximate surface area is 252 Å². The second kappa shape index (κ2) is 15.9. The van der Waals surface area contributed by atoms with Gasteiger partial charge in [0.25, 0.3) is 0 Å². The van der Waals surface area contributed by atoms with E-state index in [4.69, 9.17) is 0 Å². The number of rotatable bonds is 9. The molecule has 0 saturated heterocycles. The number of halogens is 4. The van der Waals surface area contributed by atoms with Gasteiger partial charge in [-0.05, 0) is 60.7 Å². The number of methoxy groups -OCH3 is 2. The van der Waals surface area contributed by atoms with Crippen molar-refractivity contribution in [2.45, 2.75) is 26.4 Å². The number of hydrogen-bond acceptors (Lipinski definition) is 6. The lowest BCUT2D eigenvalue weighted by Gasteiger charge is -2.23. The Hall–Kier alpha value is -5.19. The molecule has 0 radical (unpaired) electrons. The molecule has 0 aliphatic rings. The topological polar surface area (TPSA) is 84.9 Å². The lowest BCUT2D eigenvalue weighted by atomic mass is 10.1. The van der Waals surface area contributed by atoms with Crippen LogP contribution in [0.25, 0.3) is 0 Å². The van der Waals surface area contributed by atoms with E-state index >= 15 is 0 Å². The van der Waals surface area contributed by atoms with Crippen LogP contribution >= 0.6 is 0 Å². The van der Waals surface area contributed by atoms with Gasteiger partial charge in [-0.3, -0.25) is 4.79 Å². The highest BCUT2D eigenvalue weighted by atomic mass is 19.1. The summed E-state index contributed by atoms with van der Waals surface area (Å²) in [6, 6.07) is 19.4. The molecule has 0 fully saturated rings. The van der Waals surface area contributed by atoms with Gasteiger partial charge in [-0.2, -0.15) is 0 Å². The molecule has 0 atom stereocenters. The summed E-state index contributed by atoms with van der Waals surface area (Å²) in [5.41, 5.74) is 1.73. The normalized spacial score (nSPS) is 10.2. The minimum absolute atomic E-state index is 0.0661. The summed E-state index contributed by atoms with van der Waals surface area (Å²) in [6.07, 6.45) is 0.193. The van der Waals surface area contributed by atoms with E-state index in [-0.39, 0.29) is 47.9 Å². The van der Waals surface area contributed by atoms with E-state index in [0.717, 1.165) is 12.1 Å². The number of ether oxygens (including phenoxy) is 2. The second-order valence-corrected chi connectivity index (χ2v) is 9.27. The average Bonchev–Trinajstić information content (AvgIpc) is 3.02. The third-order valence-electron chi connectivity index (χ3n) is 6.31. The lowest BCUT2D eigenvalue weighted by Crippen LogP contribution is -2.30. The highest BCUT2D eigenvalue weighted by molar-refractivity contribution is 5.93. The SMILES string of the molecule is CCC(=O)N(Cc1ccc(C(=O)OC)cc1F)c1cccc(F)c1.COC(=O)c1ccc(CNc2cccc(F)c2)c(F)c1. The molecule has 11 heteroatoms. The third kappa shape index (κ3) is 9.15. The molecular weight excluding hydrogens is 580 g/mol. The molecule has 0 bridgehead atoms. The number of hydrogen-bond donors (Lipinski definition) is 1. The van der Waals surface area contributed by atoms with Crippen LogP contribution in [0.4, 0.5) is 28.9 Å². The third-order valence-corrected chi connectivity index (χ3v) is 6.31. The van der Waals surface area contributed by atoms with Crippen LogP contribution < -0.4 is 10.2 Å². The number of carbonyl (C=O) groups is 3.